The summed E-state index contributed by atoms with van der Waals surface area (Å²) in [6.45, 7) is 4.56. The van der Waals surface area contributed by atoms with Crippen molar-refractivity contribution in [2.75, 3.05) is 0 Å². The van der Waals surface area contributed by atoms with Gasteiger partial charge in [-0.15, -0.1) is 0 Å². The second-order valence-corrected chi connectivity index (χ2v) is 8.24. The van der Waals surface area contributed by atoms with Crippen molar-refractivity contribution in [1.82, 2.24) is 0 Å². The largest absolute Gasteiger partial charge is 0.426 e. The van der Waals surface area contributed by atoms with Crippen LogP contribution in [0.4, 0.5) is 0 Å². The molecule has 0 radical (unpaired) electrons. The standard InChI is InChI=1S/C23H34O2/c1-3-17-5-9-19(10-6-17)20-13-15-22(16-14-20)25-23(24)21-11-7-18(4-2)8-12-21/h13-19,21H,3-12H2,1-2H3. The van der Waals surface area contributed by atoms with Crippen molar-refractivity contribution in [2.45, 2.75) is 84.0 Å². The Labute approximate surface area is 153 Å². The third kappa shape index (κ3) is 4.86. The fourth-order valence-corrected chi connectivity index (χ4v) is 4.72. The molecule has 0 N–H and O–H groups in total. The molecule has 2 aliphatic rings. The van der Waals surface area contributed by atoms with Crippen LogP contribution in [-0.4, -0.2) is 5.97 Å². The minimum Gasteiger partial charge on any atom is -0.426 e. The normalized spacial score (nSPS) is 30.0. The van der Waals surface area contributed by atoms with Gasteiger partial charge in [-0.3, -0.25) is 4.79 Å². The van der Waals surface area contributed by atoms with Crippen molar-refractivity contribution in [3.8, 4) is 5.75 Å². The molecule has 0 aromatic heterocycles. The van der Waals surface area contributed by atoms with Gasteiger partial charge in [0.15, 0.2) is 0 Å². The Bertz CT molecular complexity index is 532. The van der Waals surface area contributed by atoms with Gasteiger partial charge < -0.3 is 4.74 Å². The molecule has 25 heavy (non-hydrogen) atoms. The number of esters is 1. The van der Waals surface area contributed by atoms with E-state index in [-0.39, 0.29) is 11.9 Å². The lowest BCUT2D eigenvalue weighted by Crippen LogP contribution is -2.25. The van der Waals surface area contributed by atoms with E-state index in [4.69, 9.17) is 4.74 Å². The van der Waals surface area contributed by atoms with Gasteiger partial charge in [-0.05, 0) is 86.8 Å². The first kappa shape index (κ1) is 18.5. The third-order valence-electron chi connectivity index (χ3n) is 6.75. The van der Waals surface area contributed by atoms with Gasteiger partial charge in [0.05, 0.1) is 5.92 Å². The Morgan fingerprint density at radius 1 is 0.840 bits per heavy atom. The molecule has 2 nitrogen and oxygen atoms in total. The molecule has 1 aromatic carbocycles. The Hall–Kier alpha value is -1.31. The number of hydrogen-bond donors (Lipinski definition) is 0. The molecule has 138 valence electrons. The zero-order valence-corrected chi connectivity index (χ0v) is 16.0. The van der Waals surface area contributed by atoms with Crippen LogP contribution in [0.2, 0.25) is 0 Å². The van der Waals surface area contributed by atoms with Crippen molar-refractivity contribution >= 4 is 5.97 Å². The first-order chi connectivity index (χ1) is 12.2. The quantitative estimate of drug-likeness (QED) is 0.451. The first-order valence-electron chi connectivity index (χ1n) is 10.5. The number of benzene rings is 1. The van der Waals surface area contributed by atoms with Crippen LogP contribution in [0.25, 0.3) is 0 Å². The maximum absolute atomic E-state index is 12.4. The molecule has 1 aromatic rings. The molecule has 2 saturated carbocycles. The van der Waals surface area contributed by atoms with E-state index < -0.39 is 0 Å². The van der Waals surface area contributed by atoms with E-state index in [0.29, 0.717) is 11.7 Å². The molecule has 0 atom stereocenters. The van der Waals surface area contributed by atoms with E-state index in [9.17, 15) is 4.79 Å². The Balaban J connectivity index is 1.50. The highest BCUT2D eigenvalue weighted by Crippen LogP contribution is 2.37. The van der Waals surface area contributed by atoms with Gasteiger partial charge in [-0.2, -0.15) is 0 Å². The number of carbonyl (C=O) groups is 1. The van der Waals surface area contributed by atoms with Gasteiger partial charge in [-0.1, -0.05) is 38.8 Å². The molecular weight excluding hydrogens is 308 g/mol. The Kier molecular flexibility index (Phi) is 6.56. The van der Waals surface area contributed by atoms with Crippen LogP contribution in [0.5, 0.6) is 5.75 Å². The highest BCUT2D eigenvalue weighted by molar-refractivity contribution is 5.75. The highest BCUT2D eigenvalue weighted by atomic mass is 16.5. The lowest BCUT2D eigenvalue weighted by atomic mass is 9.78. The first-order valence-corrected chi connectivity index (χ1v) is 10.5. The smallest absolute Gasteiger partial charge is 0.314 e. The summed E-state index contributed by atoms with van der Waals surface area (Å²) in [6, 6.07) is 8.34. The lowest BCUT2D eigenvalue weighted by molar-refractivity contribution is -0.140. The van der Waals surface area contributed by atoms with Crippen LogP contribution in [0.15, 0.2) is 24.3 Å². The Morgan fingerprint density at radius 3 is 1.88 bits per heavy atom. The van der Waals surface area contributed by atoms with Crippen LogP contribution >= 0.6 is 0 Å². The fraction of sp³-hybridized carbons (Fsp3) is 0.696. The summed E-state index contributed by atoms with van der Waals surface area (Å²) in [7, 11) is 0. The molecule has 0 unspecified atom stereocenters. The minimum absolute atomic E-state index is 0.0224. The van der Waals surface area contributed by atoms with Crippen molar-refractivity contribution in [3.05, 3.63) is 29.8 Å². The van der Waals surface area contributed by atoms with Gasteiger partial charge in [0.2, 0.25) is 0 Å². The van der Waals surface area contributed by atoms with Crippen molar-refractivity contribution in [2.24, 2.45) is 17.8 Å². The van der Waals surface area contributed by atoms with E-state index in [1.165, 1.54) is 56.9 Å². The van der Waals surface area contributed by atoms with Gasteiger partial charge in [0.25, 0.3) is 0 Å². The van der Waals surface area contributed by atoms with Crippen LogP contribution < -0.4 is 4.74 Å². The van der Waals surface area contributed by atoms with E-state index in [0.717, 1.165) is 24.7 Å². The van der Waals surface area contributed by atoms with Gasteiger partial charge in [0, 0.05) is 0 Å². The summed E-state index contributed by atoms with van der Waals surface area (Å²) in [5, 5.41) is 0. The predicted octanol–water partition coefficient (Wildman–Crippen LogP) is 6.49. The van der Waals surface area contributed by atoms with E-state index in [1.54, 1.807) is 0 Å². The minimum atomic E-state index is -0.0224. The number of rotatable bonds is 5. The zero-order chi connectivity index (χ0) is 17.6. The maximum Gasteiger partial charge on any atom is 0.314 e. The van der Waals surface area contributed by atoms with Crippen LogP contribution in [-0.2, 0) is 4.79 Å². The summed E-state index contributed by atoms with van der Waals surface area (Å²) in [5.74, 6) is 3.23. The number of carbonyl (C=O) groups excluding carboxylic acids is 1. The fourth-order valence-electron chi connectivity index (χ4n) is 4.72. The second-order valence-electron chi connectivity index (χ2n) is 8.24. The summed E-state index contributed by atoms with van der Waals surface area (Å²) in [5.41, 5.74) is 1.41. The summed E-state index contributed by atoms with van der Waals surface area (Å²) < 4.78 is 5.66. The summed E-state index contributed by atoms with van der Waals surface area (Å²) in [4.78, 5) is 12.4. The molecule has 0 aliphatic heterocycles. The van der Waals surface area contributed by atoms with Gasteiger partial charge in [0.1, 0.15) is 5.75 Å². The van der Waals surface area contributed by atoms with Crippen LogP contribution in [0.3, 0.4) is 0 Å². The van der Waals surface area contributed by atoms with Crippen LogP contribution in [0.1, 0.15) is 89.5 Å². The van der Waals surface area contributed by atoms with Crippen LogP contribution in [0, 0.1) is 17.8 Å². The van der Waals surface area contributed by atoms with Crippen molar-refractivity contribution in [3.63, 3.8) is 0 Å². The predicted molar refractivity (Wildman–Crippen MR) is 103 cm³/mol. The highest BCUT2D eigenvalue weighted by Gasteiger charge is 2.27. The molecule has 0 spiro atoms. The van der Waals surface area contributed by atoms with Gasteiger partial charge in [-0.25, -0.2) is 0 Å². The van der Waals surface area contributed by atoms with E-state index in [1.807, 2.05) is 12.1 Å². The number of hydrogen-bond acceptors (Lipinski definition) is 2. The topological polar surface area (TPSA) is 26.3 Å². The monoisotopic (exact) mass is 342 g/mol. The molecule has 2 aliphatic carbocycles. The second kappa shape index (κ2) is 8.87. The summed E-state index contributed by atoms with van der Waals surface area (Å²) >= 11 is 0. The molecule has 0 amide bonds. The molecule has 3 rings (SSSR count). The lowest BCUT2D eigenvalue weighted by Gasteiger charge is -2.28. The molecule has 0 saturated heterocycles. The van der Waals surface area contributed by atoms with Crippen molar-refractivity contribution in [1.29, 1.82) is 0 Å². The third-order valence-corrected chi connectivity index (χ3v) is 6.75. The van der Waals surface area contributed by atoms with E-state index >= 15 is 0 Å². The molecule has 0 heterocycles. The molecule has 0 bridgehead atoms. The van der Waals surface area contributed by atoms with Crippen molar-refractivity contribution < 1.29 is 9.53 Å². The zero-order valence-electron chi connectivity index (χ0n) is 16.0. The summed E-state index contributed by atoms with van der Waals surface area (Å²) in [6.07, 6.45) is 12.2. The Morgan fingerprint density at radius 2 is 1.36 bits per heavy atom. The van der Waals surface area contributed by atoms with E-state index in [2.05, 4.69) is 26.0 Å². The molecule has 2 heteroatoms. The number of ether oxygens (including phenoxy) is 1. The molecular formula is C23H34O2. The average Bonchev–Trinajstić information content (AvgIpc) is 2.68. The SMILES string of the molecule is CCC1CCC(C(=O)Oc2ccc(C3CCC(CC)CC3)cc2)CC1. The maximum atomic E-state index is 12.4. The van der Waals surface area contributed by atoms with Gasteiger partial charge >= 0.3 is 5.97 Å². The average molecular weight is 343 g/mol. The molecule has 2 fully saturated rings.